The smallest absolute Gasteiger partial charge is 0.336 e. The molecule has 37 heavy (non-hydrogen) atoms. The first-order valence-electron chi connectivity index (χ1n) is 12.5. The number of carbonyl (C=O) groups excluding carboxylic acids is 3. The molecule has 8 heteroatoms. The van der Waals surface area contributed by atoms with Gasteiger partial charge < -0.3 is 19.5 Å². The molecule has 2 aliphatic rings. The second kappa shape index (κ2) is 10.9. The van der Waals surface area contributed by atoms with Crippen molar-refractivity contribution in [1.82, 2.24) is 5.32 Å². The lowest BCUT2D eigenvalue weighted by atomic mass is 9.67. The van der Waals surface area contributed by atoms with Crippen molar-refractivity contribution in [3.63, 3.8) is 0 Å². The number of hydrogen-bond donors (Lipinski definition) is 1. The van der Waals surface area contributed by atoms with Crippen molar-refractivity contribution in [3.05, 3.63) is 73.8 Å². The Labute approximate surface area is 221 Å². The zero-order chi connectivity index (χ0) is 26.9. The molecular weight excluding hydrogens is 490 g/mol. The minimum atomic E-state index is -1.04. The van der Waals surface area contributed by atoms with E-state index in [2.05, 4.69) is 5.32 Å². The van der Waals surface area contributed by atoms with Crippen LogP contribution in [0.25, 0.3) is 0 Å². The Morgan fingerprint density at radius 3 is 2.43 bits per heavy atom. The molecule has 1 aliphatic carbocycles. The summed E-state index contributed by atoms with van der Waals surface area (Å²) in [5, 5.41) is 3.34. The van der Waals surface area contributed by atoms with Crippen LogP contribution in [0.3, 0.4) is 0 Å². The van der Waals surface area contributed by atoms with Crippen molar-refractivity contribution in [2.75, 3.05) is 20.3 Å². The van der Waals surface area contributed by atoms with Crippen LogP contribution in [0.15, 0.2) is 52.9 Å². The molecule has 0 spiro atoms. The van der Waals surface area contributed by atoms with Crippen LogP contribution in [-0.4, -0.2) is 38.0 Å². The zero-order valence-corrected chi connectivity index (χ0v) is 22.9. The van der Waals surface area contributed by atoms with Gasteiger partial charge in [0.25, 0.3) is 0 Å². The van der Waals surface area contributed by atoms with E-state index in [0.29, 0.717) is 29.0 Å². The maximum Gasteiger partial charge on any atom is 0.336 e. The number of benzene rings is 1. The second-order valence-electron chi connectivity index (χ2n) is 9.26. The largest absolute Gasteiger partial charge is 0.497 e. The first kappa shape index (κ1) is 26.7. The number of rotatable bonds is 7. The van der Waals surface area contributed by atoms with Crippen molar-refractivity contribution < 1.29 is 28.6 Å². The summed E-state index contributed by atoms with van der Waals surface area (Å²) in [4.78, 5) is 42.9. The number of esters is 2. The van der Waals surface area contributed by atoms with Crippen LogP contribution in [0.1, 0.15) is 59.9 Å². The number of dihydropyridines is 1. The van der Waals surface area contributed by atoms with Crippen molar-refractivity contribution in [1.29, 1.82) is 0 Å². The highest BCUT2D eigenvalue weighted by Gasteiger charge is 2.49. The highest BCUT2D eigenvalue weighted by atomic mass is 32.1. The quantitative estimate of drug-likeness (QED) is 0.399. The first-order chi connectivity index (χ1) is 17.7. The van der Waals surface area contributed by atoms with Crippen molar-refractivity contribution in [3.8, 4) is 5.75 Å². The number of methoxy groups -OCH3 is 1. The SMILES string of the molecule is CCOC(=O)C1=C(C)NC2=C(C(=O)[C@H](C(=O)OCC)[C@H](c3cccc(OC)c3)C2)[C@H]1c1cc(C)sc1C. The maximum absolute atomic E-state index is 14.3. The maximum atomic E-state index is 14.3. The molecule has 1 aliphatic heterocycles. The Bertz CT molecular complexity index is 1300. The minimum absolute atomic E-state index is 0.164. The molecular formula is C29H33NO6S. The van der Waals surface area contributed by atoms with Crippen LogP contribution < -0.4 is 10.1 Å². The monoisotopic (exact) mass is 523 g/mol. The summed E-state index contributed by atoms with van der Waals surface area (Å²) >= 11 is 1.61. The van der Waals surface area contributed by atoms with E-state index >= 15 is 0 Å². The molecule has 196 valence electrons. The number of hydrogen-bond acceptors (Lipinski definition) is 8. The van der Waals surface area contributed by atoms with Crippen molar-refractivity contribution in [2.45, 2.75) is 52.9 Å². The lowest BCUT2D eigenvalue weighted by molar-refractivity contribution is -0.152. The van der Waals surface area contributed by atoms with E-state index in [1.165, 1.54) is 0 Å². The number of ether oxygens (including phenoxy) is 3. The topological polar surface area (TPSA) is 90.9 Å². The Kier molecular flexibility index (Phi) is 7.87. The van der Waals surface area contributed by atoms with Gasteiger partial charge in [-0.3, -0.25) is 9.59 Å². The molecule has 3 atom stereocenters. The molecule has 4 rings (SSSR count). The van der Waals surface area contributed by atoms with Gasteiger partial charge >= 0.3 is 11.9 Å². The standard InChI is InChI=1S/C29H33NO6S/c1-7-35-28(32)23-16(4)30-22-14-21(18-10-9-11-19(13-18)34-6)25(29(33)36-8-2)27(31)26(22)24(23)20-12-15(3)37-17(20)5/h9-13,21,24-25,30H,7-8,14H2,1-6H3/t21-,24-,25+/m0/s1. The number of aryl methyl sites for hydroxylation is 2. The summed E-state index contributed by atoms with van der Waals surface area (Å²) in [5.41, 5.74) is 3.91. The van der Waals surface area contributed by atoms with Gasteiger partial charge in [-0.1, -0.05) is 12.1 Å². The number of allylic oxidation sites excluding steroid dienone is 3. The van der Waals surface area contributed by atoms with Crippen LogP contribution in [0.5, 0.6) is 5.75 Å². The molecule has 0 saturated heterocycles. The van der Waals surface area contributed by atoms with Gasteiger partial charge in [0.2, 0.25) is 0 Å². The van der Waals surface area contributed by atoms with Gasteiger partial charge in [-0.05, 0) is 70.4 Å². The predicted molar refractivity (Wildman–Crippen MR) is 142 cm³/mol. The van der Waals surface area contributed by atoms with Gasteiger partial charge in [0.1, 0.15) is 11.7 Å². The Morgan fingerprint density at radius 1 is 1.08 bits per heavy atom. The van der Waals surface area contributed by atoms with E-state index in [9.17, 15) is 14.4 Å². The highest BCUT2D eigenvalue weighted by molar-refractivity contribution is 7.12. The van der Waals surface area contributed by atoms with Crippen LogP contribution in [0.4, 0.5) is 0 Å². The van der Waals surface area contributed by atoms with E-state index in [-0.39, 0.29) is 19.0 Å². The second-order valence-corrected chi connectivity index (χ2v) is 10.7. The molecule has 2 aromatic rings. The average Bonchev–Trinajstić information content (AvgIpc) is 3.20. The fourth-order valence-corrected chi connectivity index (χ4v) is 6.41. The van der Waals surface area contributed by atoms with E-state index in [1.807, 2.05) is 51.1 Å². The fraction of sp³-hybridized carbons (Fsp3) is 0.414. The third kappa shape index (κ3) is 4.94. The average molecular weight is 524 g/mol. The normalized spacial score (nSPS) is 21.4. The van der Waals surface area contributed by atoms with E-state index in [4.69, 9.17) is 14.2 Å². The van der Waals surface area contributed by atoms with Gasteiger partial charge in [-0.25, -0.2) is 4.79 Å². The number of ketones is 1. The van der Waals surface area contributed by atoms with Gasteiger partial charge in [-0.2, -0.15) is 0 Å². The number of Topliss-reactive ketones (excluding diaryl/α,β-unsaturated/α-hetero) is 1. The third-order valence-electron chi connectivity index (χ3n) is 6.97. The predicted octanol–water partition coefficient (Wildman–Crippen LogP) is 5.09. The Hall–Kier alpha value is -3.39. The van der Waals surface area contributed by atoms with Gasteiger partial charge in [0.05, 0.1) is 25.9 Å². The number of carbonyl (C=O) groups is 3. The van der Waals surface area contributed by atoms with Crippen molar-refractivity contribution in [2.24, 2.45) is 5.92 Å². The number of nitrogens with one attached hydrogen (secondary N) is 1. The molecule has 1 aromatic carbocycles. The van der Waals surface area contributed by atoms with Gasteiger partial charge in [0.15, 0.2) is 5.78 Å². The lowest BCUT2D eigenvalue weighted by Gasteiger charge is -2.39. The highest BCUT2D eigenvalue weighted by Crippen LogP contribution is 2.49. The summed E-state index contributed by atoms with van der Waals surface area (Å²) in [6.45, 7) is 9.68. The van der Waals surface area contributed by atoms with Crippen LogP contribution in [0, 0.1) is 19.8 Å². The van der Waals surface area contributed by atoms with Crippen LogP contribution in [-0.2, 0) is 23.9 Å². The Balaban J connectivity index is 1.91. The summed E-state index contributed by atoms with van der Waals surface area (Å²) in [5.74, 6) is -2.84. The van der Waals surface area contributed by atoms with Crippen LogP contribution >= 0.6 is 11.3 Å². The minimum Gasteiger partial charge on any atom is -0.497 e. The third-order valence-corrected chi connectivity index (χ3v) is 7.95. The lowest BCUT2D eigenvalue weighted by Crippen LogP contribution is -2.43. The summed E-state index contributed by atoms with van der Waals surface area (Å²) in [7, 11) is 1.58. The van der Waals surface area contributed by atoms with Gasteiger partial charge in [0, 0.05) is 38.6 Å². The molecule has 0 radical (unpaired) electrons. The van der Waals surface area contributed by atoms with E-state index < -0.39 is 29.7 Å². The molecule has 1 aromatic heterocycles. The molecule has 7 nitrogen and oxygen atoms in total. The summed E-state index contributed by atoms with van der Waals surface area (Å²) in [6, 6.07) is 9.46. The molecule has 0 unspecified atom stereocenters. The molecule has 0 saturated carbocycles. The molecule has 0 fully saturated rings. The summed E-state index contributed by atoms with van der Waals surface area (Å²) < 4.78 is 16.2. The fourth-order valence-electron chi connectivity index (χ4n) is 5.45. The number of thiophene rings is 1. The first-order valence-corrected chi connectivity index (χ1v) is 13.3. The molecule has 0 amide bonds. The van der Waals surface area contributed by atoms with Crippen molar-refractivity contribution >= 4 is 29.1 Å². The van der Waals surface area contributed by atoms with Crippen LogP contribution in [0.2, 0.25) is 0 Å². The molecule has 0 bridgehead atoms. The molecule has 1 N–H and O–H groups in total. The van der Waals surface area contributed by atoms with Gasteiger partial charge in [-0.15, -0.1) is 11.3 Å². The van der Waals surface area contributed by atoms with E-state index in [0.717, 1.165) is 26.6 Å². The zero-order valence-electron chi connectivity index (χ0n) is 22.1. The summed E-state index contributed by atoms with van der Waals surface area (Å²) in [6.07, 6.45) is 0.407. The molecule has 2 heterocycles. The van der Waals surface area contributed by atoms with E-state index in [1.54, 1.807) is 32.3 Å². The Morgan fingerprint density at radius 2 is 1.81 bits per heavy atom.